The van der Waals surface area contributed by atoms with Crippen LogP contribution in [0.4, 0.5) is 11.4 Å². The number of rotatable bonds is 6. The summed E-state index contributed by atoms with van der Waals surface area (Å²) in [7, 11) is 0. The van der Waals surface area contributed by atoms with Crippen molar-refractivity contribution in [3.8, 4) is 12.3 Å². The Morgan fingerprint density at radius 2 is 1.94 bits per heavy atom. The molecule has 0 atom stereocenters. The predicted molar refractivity (Wildman–Crippen MR) is 133 cm³/mol. The highest BCUT2D eigenvalue weighted by Gasteiger charge is 2.11. The molecular weight excluding hydrogens is 436 g/mol. The lowest BCUT2D eigenvalue weighted by Gasteiger charge is -2.23. The zero-order valence-corrected chi connectivity index (χ0v) is 18.7. The first-order valence-corrected chi connectivity index (χ1v) is 10.7. The second kappa shape index (κ2) is 9.60. The molecule has 0 bridgehead atoms. The summed E-state index contributed by atoms with van der Waals surface area (Å²) in [5.74, 6) is 3.02. The molecule has 0 saturated heterocycles. The molecule has 33 heavy (non-hydrogen) atoms. The van der Waals surface area contributed by atoms with Gasteiger partial charge in [0, 0.05) is 28.5 Å². The molecule has 0 spiro atoms. The van der Waals surface area contributed by atoms with Crippen molar-refractivity contribution in [2.45, 2.75) is 13.5 Å². The number of nitrogens with zero attached hydrogens (tertiary/aromatic N) is 2. The van der Waals surface area contributed by atoms with Crippen molar-refractivity contribution in [1.82, 2.24) is 9.97 Å². The van der Waals surface area contributed by atoms with Crippen LogP contribution in [0.1, 0.15) is 21.7 Å². The number of nitrogens with one attached hydrogen (secondary N) is 2. The van der Waals surface area contributed by atoms with E-state index in [4.69, 9.17) is 18.0 Å². The number of halogens is 1. The third kappa shape index (κ3) is 5.22. The van der Waals surface area contributed by atoms with E-state index in [1.807, 2.05) is 35.2 Å². The van der Waals surface area contributed by atoms with Gasteiger partial charge in [-0.2, -0.15) is 0 Å². The Bertz CT molecular complexity index is 1420. The van der Waals surface area contributed by atoms with Crippen molar-refractivity contribution in [3.63, 3.8) is 0 Å². The molecule has 4 rings (SSSR count). The van der Waals surface area contributed by atoms with E-state index in [-0.39, 0.29) is 11.5 Å². The number of amides is 1. The first-order valence-electron chi connectivity index (χ1n) is 10.3. The number of aromatic amines is 1. The zero-order chi connectivity index (χ0) is 23.4. The van der Waals surface area contributed by atoms with Gasteiger partial charge in [-0.1, -0.05) is 29.7 Å². The second-order valence-electron chi connectivity index (χ2n) is 7.57. The number of terminal acetylenes is 1. The lowest BCUT2D eigenvalue weighted by Crippen LogP contribution is -2.23. The number of H-pyrrole nitrogens is 1. The molecule has 6 nitrogen and oxygen atoms in total. The molecule has 2 N–H and O–H groups in total. The first-order chi connectivity index (χ1) is 15.9. The minimum absolute atomic E-state index is 0.169. The van der Waals surface area contributed by atoms with E-state index in [9.17, 15) is 9.59 Å². The quantitative estimate of drug-likeness (QED) is 0.409. The summed E-state index contributed by atoms with van der Waals surface area (Å²) in [6, 6.07) is 19.8. The normalized spacial score (nSPS) is 10.6. The number of aromatic nitrogens is 2. The summed E-state index contributed by atoms with van der Waals surface area (Å²) in [5, 5.41) is 3.92. The topological polar surface area (TPSA) is 78.1 Å². The standard InChI is InChI=1S/C26H21ClN4O2/c1-3-13-31(16-18-7-12-24-23(14-18)26(33)29-17(2)28-24)22-10-8-19(9-11-22)25(32)30-21-6-4-5-20(27)15-21/h1,4-12,14-15H,13,16H2,2H3,(H,30,32)(H,28,29,33). The molecule has 3 aromatic carbocycles. The Kier molecular flexibility index (Phi) is 6.43. The van der Waals surface area contributed by atoms with E-state index in [0.717, 1.165) is 11.3 Å². The van der Waals surface area contributed by atoms with Crippen LogP contribution in [0.5, 0.6) is 0 Å². The van der Waals surface area contributed by atoms with E-state index in [1.54, 1.807) is 43.3 Å². The molecule has 1 amide bonds. The molecule has 164 valence electrons. The third-order valence-electron chi connectivity index (χ3n) is 5.12. The maximum Gasteiger partial charge on any atom is 0.258 e. The number of anilines is 2. The van der Waals surface area contributed by atoms with Crippen molar-refractivity contribution in [2.75, 3.05) is 16.8 Å². The molecule has 7 heteroatoms. The number of hydrogen-bond acceptors (Lipinski definition) is 4. The van der Waals surface area contributed by atoms with Crippen LogP contribution in [0.15, 0.2) is 71.5 Å². The predicted octanol–water partition coefficient (Wildman–Crippen LogP) is 4.78. The number of aryl methyl sites for hydroxylation is 1. The van der Waals surface area contributed by atoms with E-state index in [1.165, 1.54) is 0 Å². The maximum absolute atomic E-state index is 12.6. The molecule has 0 radical (unpaired) electrons. The minimum Gasteiger partial charge on any atom is -0.356 e. The van der Waals surface area contributed by atoms with Gasteiger partial charge in [0.1, 0.15) is 5.82 Å². The molecule has 0 unspecified atom stereocenters. The summed E-state index contributed by atoms with van der Waals surface area (Å²) >= 11 is 5.98. The number of hydrogen-bond donors (Lipinski definition) is 2. The smallest absolute Gasteiger partial charge is 0.258 e. The van der Waals surface area contributed by atoms with Gasteiger partial charge in [0.25, 0.3) is 11.5 Å². The van der Waals surface area contributed by atoms with E-state index >= 15 is 0 Å². The van der Waals surface area contributed by atoms with Gasteiger partial charge in [-0.25, -0.2) is 4.98 Å². The van der Waals surface area contributed by atoms with Crippen molar-refractivity contribution >= 4 is 39.8 Å². The molecule has 0 aliphatic rings. The van der Waals surface area contributed by atoms with Crippen LogP contribution < -0.4 is 15.8 Å². The first kappa shape index (κ1) is 22.1. The SMILES string of the molecule is C#CCN(Cc1ccc2nc(C)[nH]c(=O)c2c1)c1ccc(C(=O)Nc2cccc(Cl)c2)cc1. The molecule has 1 aromatic heterocycles. The minimum atomic E-state index is -0.233. The van der Waals surface area contributed by atoms with E-state index in [0.29, 0.717) is 46.1 Å². The van der Waals surface area contributed by atoms with Gasteiger partial charge in [-0.3, -0.25) is 9.59 Å². The lowest BCUT2D eigenvalue weighted by atomic mass is 10.1. The lowest BCUT2D eigenvalue weighted by molar-refractivity contribution is 0.102. The Hall–Kier alpha value is -4.08. The van der Waals surface area contributed by atoms with Crippen molar-refractivity contribution in [1.29, 1.82) is 0 Å². The Balaban J connectivity index is 1.53. The fraction of sp³-hybridized carbons (Fsp3) is 0.115. The summed E-state index contributed by atoms with van der Waals surface area (Å²) in [6.07, 6.45) is 5.60. The third-order valence-corrected chi connectivity index (χ3v) is 5.36. The van der Waals surface area contributed by atoms with E-state index in [2.05, 4.69) is 21.2 Å². The molecule has 0 saturated carbocycles. The number of carbonyl (C=O) groups is 1. The monoisotopic (exact) mass is 456 g/mol. The molecule has 4 aromatic rings. The van der Waals surface area contributed by atoms with Gasteiger partial charge >= 0.3 is 0 Å². The largest absolute Gasteiger partial charge is 0.356 e. The number of carbonyl (C=O) groups excluding carboxylic acids is 1. The highest BCUT2D eigenvalue weighted by molar-refractivity contribution is 6.31. The zero-order valence-electron chi connectivity index (χ0n) is 17.9. The maximum atomic E-state index is 12.6. The summed E-state index contributed by atoms with van der Waals surface area (Å²) < 4.78 is 0. The van der Waals surface area contributed by atoms with Gasteiger partial charge in [0.15, 0.2) is 0 Å². The van der Waals surface area contributed by atoms with Crippen LogP contribution in [-0.2, 0) is 6.54 Å². The van der Waals surface area contributed by atoms with Crippen molar-refractivity contribution in [2.24, 2.45) is 0 Å². The Labute approximate surface area is 196 Å². The molecule has 0 aliphatic heterocycles. The highest BCUT2D eigenvalue weighted by atomic mass is 35.5. The van der Waals surface area contributed by atoms with Crippen LogP contribution >= 0.6 is 11.6 Å². The Morgan fingerprint density at radius 1 is 1.15 bits per heavy atom. The van der Waals surface area contributed by atoms with Crippen LogP contribution in [-0.4, -0.2) is 22.4 Å². The van der Waals surface area contributed by atoms with Gasteiger partial charge in [0.2, 0.25) is 0 Å². The van der Waals surface area contributed by atoms with Gasteiger partial charge in [-0.05, 0) is 67.1 Å². The summed E-state index contributed by atoms with van der Waals surface area (Å²) in [5.41, 5.74) is 3.41. The van der Waals surface area contributed by atoms with Crippen LogP contribution in [0.2, 0.25) is 5.02 Å². The number of benzene rings is 3. The Morgan fingerprint density at radius 3 is 2.67 bits per heavy atom. The molecule has 0 aliphatic carbocycles. The summed E-state index contributed by atoms with van der Waals surface area (Å²) in [6.45, 7) is 2.62. The average Bonchev–Trinajstić information content (AvgIpc) is 2.79. The fourth-order valence-electron chi connectivity index (χ4n) is 3.56. The molecular formula is C26H21ClN4O2. The van der Waals surface area contributed by atoms with Gasteiger partial charge < -0.3 is 15.2 Å². The van der Waals surface area contributed by atoms with Crippen LogP contribution in [0.25, 0.3) is 10.9 Å². The second-order valence-corrected chi connectivity index (χ2v) is 8.01. The highest BCUT2D eigenvalue weighted by Crippen LogP contribution is 2.21. The molecule has 1 heterocycles. The van der Waals surface area contributed by atoms with E-state index < -0.39 is 0 Å². The van der Waals surface area contributed by atoms with Crippen molar-refractivity contribution in [3.05, 3.63) is 99.1 Å². The van der Waals surface area contributed by atoms with Gasteiger partial charge in [0.05, 0.1) is 17.4 Å². The summed E-state index contributed by atoms with van der Waals surface area (Å²) in [4.78, 5) is 34.0. The average molecular weight is 457 g/mol. The van der Waals surface area contributed by atoms with Crippen molar-refractivity contribution < 1.29 is 4.79 Å². The number of fused-ring (bicyclic) bond motifs is 1. The van der Waals surface area contributed by atoms with Crippen LogP contribution in [0.3, 0.4) is 0 Å². The van der Waals surface area contributed by atoms with Gasteiger partial charge in [-0.15, -0.1) is 6.42 Å². The van der Waals surface area contributed by atoms with Crippen LogP contribution in [0, 0.1) is 19.3 Å². The molecule has 0 fully saturated rings. The fourth-order valence-corrected chi connectivity index (χ4v) is 3.75.